The number of aldehydes is 1. The van der Waals surface area contributed by atoms with Gasteiger partial charge in [-0.1, -0.05) is 31.1 Å². The number of carbonyl (C=O) groups excluding carboxylic acids is 1. The highest BCUT2D eigenvalue weighted by Gasteiger charge is 2.08. The van der Waals surface area contributed by atoms with E-state index in [1.165, 1.54) is 47.6 Å². The maximum Gasteiger partial charge on any atom is 0.231 e. The zero-order chi connectivity index (χ0) is 18.4. The summed E-state index contributed by atoms with van der Waals surface area (Å²) in [5.74, 6) is 0. The minimum Gasteiger partial charge on any atom is -0.372 e. The number of carbonyl (C=O) groups is 1. The third-order valence-electron chi connectivity index (χ3n) is 4.09. The predicted octanol–water partition coefficient (Wildman–Crippen LogP) is 6.60. The summed E-state index contributed by atoms with van der Waals surface area (Å²) >= 11 is 2.83. The topological polar surface area (TPSA) is 57.9 Å². The number of nitrogens with zero attached hydrogens (tertiary/aromatic N) is 4. The molecule has 0 aliphatic carbocycles. The van der Waals surface area contributed by atoms with Gasteiger partial charge < -0.3 is 4.90 Å². The fourth-order valence-electron chi connectivity index (χ4n) is 2.70. The van der Waals surface area contributed by atoms with E-state index in [2.05, 4.69) is 46.1 Å². The molecule has 0 amide bonds. The third-order valence-corrected chi connectivity index (χ3v) is 6.06. The normalized spacial score (nSPS) is 11.5. The van der Waals surface area contributed by atoms with E-state index in [4.69, 9.17) is 0 Å². The van der Waals surface area contributed by atoms with E-state index in [-0.39, 0.29) is 0 Å². The Morgan fingerprint density at radius 1 is 1.12 bits per heavy atom. The molecule has 3 aromatic rings. The number of aromatic nitrogens is 1. The molecule has 2 heterocycles. The first kappa shape index (κ1) is 18.7. The molecular weight excluding hydrogens is 364 g/mol. The molecule has 0 N–H and O–H groups in total. The summed E-state index contributed by atoms with van der Waals surface area (Å²) in [7, 11) is 0. The van der Waals surface area contributed by atoms with Gasteiger partial charge in [0.2, 0.25) is 5.13 Å². The molecule has 0 aliphatic rings. The van der Waals surface area contributed by atoms with Crippen molar-refractivity contribution >= 4 is 55.0 Å². The Labute approximate surface area is 161 Å². The van der Waals surface area contributed by atoms with E-state index >= 15 is 0 Å². The van der Waals surface area contributed by atoms with Crippen LogP contribution in [0.25, 0.3) is 9.53 Å². The average molecular weight is 387 g/mol. The highest BCUT2D eigenvalue weighted by molar-refractivity contribution is 7.29. The number of thiophene rings is 1. The third kappa shape index (κ3) is 4.53. The van der Waals surface area contributed by atoms with Crippen LogP contribution in [0, 0.1) is 0 Å². The van der Waals surface area contributed by atoms with Gasteiger partial charge in [0.15, 0.2) is 6.29 Å². The van der Waals surface area contributed by atoms with E-state index in [1.807, 2.05) is 18.2 Å². The molecule has 0 fully saturated rings. The number of azo groups is 1. The van der Waals surface area contributed by atoms with Gasteiger partial charge in [-0.25, -0.2) is 4.98 Å². The molecule has 0 radical (unpaired) electrons. The molecule has 1 aromatic carbocycles. The second kappa shape index (κ2) is 9.00. The van der Waals surface area contributed by atoms with Crippen LogP contribution >= 0.6 is 22.7 Å². The molecule has 5 nitrogen and oxygen atoms in total. The molecule has 136 valence electrons. The molecule has 0 saturated heterocycles. The van der Waals surface area contributed by atoms with Gasteiger partial charge in [-0.2, -0.15) is 0 Å². The summed E-state index contributed by atoms with van der Waals surface area (Å²) < 4.78 is 0.979. The van der Waals surface area contributed by atoms with Crippen molar-refractivity contribution in [2.45, 2.75) is 33.1 Å². The van der Waals surface area contributed by atoms with Gasteiger partial charge in [-0.15, -0.1) is 21.6 Å². The van der Waals surface area contributed by atoms with Crippen molar-refractivity contribution in [3.63, 3.8) is 0 Å². The van der Waals surface area contributed by atoms with Gasteiger partial charge in [0, 0.05) is 18.8 Å². The van der Waals surface area contributed by atoms with Crippen molar-refractivity contribution in [1.82, 2.24) is 4.98 Å². The van der Waals surface area contributed by atoms with Crippen LogP contribution in [0.2, 0.25) is 0 Å². The summed E-state index contributed by atoms with van der Waals surface area (Å²) in [5.41, 5.74) is 2.03. The fourth-order valence-corrected chi connectivity index (χ4v) is 4.55. The number of rotatable bonds is 9. The van der Waals surface area contributed by atoms with Crippen molar-refractivity contribution in [2.24, 2.45) is 10.2 Å². The quantitative estimate of drug-likeness (QED) is 0.236. The maximum atomic E-state index is 10.8. The van der Waals surface area contributed by atoms with Crippen LogP contribution in [-0.2, 0) is 0 Å². The Morgan fingerprint density at radius 2 is 1.92 bits per heavy atom. The number of hydrogen-bond donors (Lipinski definition) is 0. The predicted molar refractivity (Wildman–Crippen MR) is 111 cm³/mol. The second-order valence-corrected chi connectivity index (χ2v) is 8.01. The van der Waals surface area contributed by atoms with Crippen LogP contribution in [0.5, 0.6) is 0 Å². The lowest BCUT2D eigenvalue weighted by Crippen LogP contribution is -2.23. The first-order valence-electron chi connectivity index (χ1n) is 8.85. The Morgan fingerprint density at radius 3 is 2.58 bits per heavy atom. The van der Waals surface area contributed by atoms with Crippen LogP contribution in [0.4, 0.5) is 16.5 Å². The van der Waals surface area contributed by atoms with Crippen LogP contribution in [0.1, 0.15) is 42.8 Å². The van der Waals surface area contributed by atoms with E-state index in [0.29, 0.717) is 10.0 Å². The lowest BCUT2D eigenvalue weighted by Gasteiger charge is -2.23. The van der Waals surface area contributed by atoms with Crippen LogP contribution < -0.4 is 4.90 Å². The van der Waals surface area contributed by atoms with Gasteiger partial charge >= 0.3 is 0 Å². The SMILES string of the molecule is CCCCCN(CC)c1ccc(N=Nc2nc3sc(C=O)cc3s2)cc1. The first-order valence-corrected chi connectivity index (χ1v) is 10.5. The molecule has 7 heteroatoms. The van der Waals surface area contributed by atoms with Crippen molar-refractivity contribution in [2.75, 3.05) is 18.0 Å². The summed E-state index contributed by atoms with van der Waals surface area (Å²) in [6.45, 7) is 6.50. The fraction of sp³-hybridized carbons (Fsp3) is 0.368. The lowest BCUT2D eigenvalue weighted by atomic mass is 10.2. The van der Waals surface area contributed by atoms with E-state index < -0.39 is 0 Å². The van der Waals surface area contributed by atoms with E-state index in [9.17, 15) is 4.79 Å². The Hall–Kier alpha value is -2.12. The molecule has 0 unspecified atom stereocenters. The number of hydrogen-bond acceptors (Lipinski definition) is 7. The van der Waals surface area contributed by atoms with E-state index in [0.717, 1.165) is 34.6 Å². The molecule has 0 atom stereocenters. The van der Waals surface area contributed by atoms with Gasteiger partial charge in [0.1, 0.15) is 4.83 Å². The second-order valence-electron chi connectivity index (χ2n) is 5.94. The molecule has 3 rings (SSSR count). The zero-order valence-electron chi connectivity index (χ0n) is 15.0. The van der Waals surface area contributed by atoms with Crippen LogP contribution in [0.3, 0.4) is 0 Å². The zero-order valence-corrected chi connectivity index (χ0v) is 16.6. The van der Waals surface area contributed by atoms with Crippen molar-refractivity contribution < 1.29 is 4.79 Å². The monoisotopic (exact) mass is 386 g/mol. The minimum atomic E-state index is 0.613. The molecule has 0 aliphatic heterocycles. The number of thiazole rings is 1. The lowest BCUT2D eigenvalue weighted by molar-refractivity contribution is 0.112. The van der Waals surface area contributed by atoms with Crippen LogP contribution in [0.15, 0.2) is 40.6 Å². The number of fused-ring (bicyclic) bond motifs is 1. The van der Waals surface area contributed by atoms with Gasteiger partial charge in [0.25, 0.3) is 0 Å². The molecule has 0 spiro atoms. The highest BCUT2D eigenvalue weighted by Crippen LogP contribution is 2.34. The summed E-state index contributed by atoms with van der Waals surface area (Å²) in [5, 5.41) is 9.13. The van der Waals surface area contributed by atoms with Gasteiger partial charge in [0.05, 0.1) is 15.3 Å². The van der Waals surface area contributed by atoms with Gasteiger partial charge in [-0.3, -0.25) is 4.79 Å². The first-order chi connectivity index (χ1) is 12.7. The standard InChI is InChI=1S/C19H22N4OS2/c1-3-5-6-11-23(4-2)15-9-7-14(8-10-15)21-22-19-20-18-17(26-19)12-16(13-24)25-18/h7-10,12-13H,3-6,11H2,1-2H3. The Balaban J connectivity index is 1.66. The Bertz CT molecular complexity index is 851. The summed E-state index contributed by atoms with van der Waals surface area (Å²) in [6.07, 6.45) is 4.58. The van der Waals surface area contributed by atoms with E-state index in [1.54, 1.807) is 0 Å². The molecule has 26 heavy (non-hydrogen) atoms. The number of anilines is 1. The molecule has 0 bridgehead atoms. The molecular formula is C19H22N4OS2. The number of benzene rings is 1. The maximum absolute atomic E-state index is 10.8. The van der Waals surface area contributed by atoms with Crippen molar-refractivity contribution in [3.05, 3.63) is 35.2 Å². The average Bonchev–Trinajstić information content (AvgIpc) is 3.22. The van der Waals surface area contributed by atoms with Crippen molar-refractivity contribution in [1.29, 1.82) is 0 Å². The number of unbranched alkanes of at least 4 members (excludes halogenated alkanes) is 2. The summed E-state index contributed by atoms with van der Waals surface area (Å²) in [6, 6.07) is 10.0. The van der Waals surface area contributed by atoms with Gasteiger partial charge in [-0.05, 0) is 43.7 Å². The molecule has 2 aromatic heterocycles. The van der Waals surface area contributed by atoms with Crippen LogP contribution in [-0.4, -0.2) is 24.4 Å². The largest absolute Gasteiger partial charge is 0.372 e. The Kier molecular flexibility index (Phi) is 6.46. The minimum absolute atomic E-state index is 0.613. The molecule has 0 saturated carbocycles. The summed E-state index contributed by atoms with van der Waals surface area (Å²) in [4.78, 5) is 19.1. The van der Waals surface area contributed by atoms with Crippen molar-refractivity contribution in [3.8, 4) is 0 Å². The highest BCUT2D eigenvalue weighted by atomic mass is 32.1. The smallest absolute Gasteiger partial charge is 0.231 e.